The number of rotatable bonds is 6. The van der Waals surface area contributed by atoms with E-state index in [9.17, 15) is 0 Å². The molecule has 4 aliphatic rings. The Kier molecular flexibility index (Phi) is 6.76. The monoisotopic (exact) mass is 448 g/mol. The summed E-state index contributed by atoms with van der Waals surface area (Å²) in [6.07, 6.45) is 13.0. The number of nitrogens with one attached hydrogen (secondary N) is 1. The van der Waals surface area contributed by atoms with E-state index in [1.165, 1.54) is 69.0 Å². The fourth-order valence-corrected chi connectivity index (χ4v) is 9.00. The zero-order chi connectivity index (χ0) is 23.0. The van der Waals surface area contributed by atoms with E-state index < -0.39 is 0 Å². The third kappa shape index (κ3) is 4.34. The van der Waals surface area contributed by atoms with Crippen molar-refractivity contribution in [1.29, 1.82) is 5.26 Å². The first-order valence-electron chi connectivity index (χ1n) is 13.9. The molecule has 4 fully saturated rings. The lowest BCUT2D eigenvalue weighted by molar-refractivity contribution is -0.0714. The number of aryl methyl sites for hydroxylation is 1. The van der Waals surface area contributed by atoms with E-state index in [1.807, 2.05) is 12.1 Å². The van der Waals surface area contributed by atoms with Crippen LogP contribution in [0, 0.1) is 65.1 Å². The van der Waals surface area contributed by atoms with Gasteiger partial charge in [-0.1, -0.05) is 6.92 Å². The van der Waals surface area contributed by atoms with E-state index in [0.29, 0.717) is 5.41 Å². The van der Waals surface area contributed by atoms with Crippen molar-refractivity contribution in [1.82, 2.24) is 0 Å². The highest BCUT2D eigenvalue weighted by molar-refractivity contribution is 5.54. The first-order valence-corrected chi connectivity index (χ1v) is 13.9. The topological polar surface area (TPSA) is 45.0 Å². The normalized spacial score (nSPS) is 39.8. The number of hydrogen-bond acceptors (Lipinski definition) is 3. The molecule has 1 aromatic rings. The van der Waals surface area contributed by atoms with Gasteiger partial charge in [0, 0.05) is 25.4 Å². The first-order chi connectivity index (χ1) is 16.0. The van der Waals surface area contributed by atoms with Gasteiger partial charge in [0.15, 0.2) is 0 Å². The number of fused-ring (bicyclic) bond motifs is 5. The van der Waals surface area contributed by atoms with Crippen LogP contribution in [-0.4, -0.2) is 19.8 Å². The lowest BCUT2D eigenvalue weighted by atomic mass is 9.49. The molecule has 0 bridgehead atoms. The van der Waals surface area contributed by atoms with E-state index in [1.54, 1.807) is 0 Å². The van der Waals surface area contributed by atoms with E-state index in [4.69, 9.17) is 10.00 Å². The Morgan fingerprint density at radius 2 is 1.91 bits per heavy atom. The van der Waals surface area contributed by atoms with E-state index >= 15 is 0 Å². The predicted octanol–water partition coefficient (Wildman–Crippen LogP) is 7.20. The molecule has 0 spiro atoms. The van der Waals surface area contributed by atoms with Crippen LogP contribution < -0.4 is 5.32 Å². The second-order valence-corrected chi connectivity index (χ2v) is 12.1. The zero-order valence-corrected chi connectivity index (χ0v) is 21.1. The van der Waals surface area contributed by atoms with Crippen LogP contribution in [-0.2, 0) is 4.74 Å². The number of hydrogen-bond donors (Lipinski definition) is 1. The molecule has 3 heteroatoms. The molecule has 4 aliphatic carbocycles. The van der Waals surface area contributed by atoms with Gasteiger partial charge in [-0.05, 0) is 142 Å². The molecule has 1 N–H and O–H groups in total. The molecule has 0 radical (unpaired) electrons. The minimum absolute atomic E-state index is 0.508. The number of nitriles is 1. The summed E-state index contributed by atoms with van der Waals surface area (Å²) in [5.41, 5.74) is 3.66. The molecule has 33 heavy (non-hydrogen) atoms. The van der Waals surface area contributed by atoms with Crippen LogP contribution in [0.3, 0.4) is 0 Å². The van der Waals surface area contributed by atoms with Crippen LogP contribution in [0.25, 0.3) is 0 Å². The van der Waals surface area contributed by atoms with Crippen LogP contribution in [0.5, 0.6) is 0 Å². The van der Waals surface area contributed by atoms with Crippen molar-refractivity contribution in [2.45, 2.75) is 78.6 Å². The zero-order valence-electron chi connectivity index (χ0n) is 21.1. The van der Waals surface area contributed by atoms with Crippen molar-refractivity contribution < 1.29 is 4.74 Å². The van der Waals surface area contributed by atoms with Gasteiger partial charge < -0.3 is 10.1 Å². The third-order valence-corrected chi connectivity index (χ3v) is 10.7. The fraction of sp³-hybridized carbons (Fsp3) is 0.767. The van der Waals surface area contributed by atoms with Crippen molar-refractivity contribution in [2.75, 3.05) is 25.1 Å². The van der Waals surface area contributed by atoms with Gasteiger partial charge >= 0.3 is 0 Å². The Labute approximate surface area is 201 Å². The van der Waals surface area contributed by atoms with Gasteiger partial charge in [0.1, 0.15) is 0 Å². The molecule has 0 saturated heterocycles. The molecule has 5 rings (SSSR count). The Bertz CT molecular complexity index is 875. The molecule has 0 aliphatic heterocycles. The Morgan fingerprint density at radius 3 is 2.70 bits per heavy atom. The number of benzene rings is 1. The second kappa shape index (κ2) is 9.61. The summed E-state index contributed by atoms with van der Waals surface area (Å²) >= 11 is 0. The van der Waals surface area contributed by atoms with E-state index in [2.05, 4.69) is 38.2 Å². The second-order valence-electron chi connectivity index (χ2n) is 12.1. The minimum Gasteiger partial charge on any atom is -0.385 e. The molecule has 0 aromatic heterocycles. The van der Waals surface area contributed by atoms with Crippen molar-refractivity contribution in [2.24, 2.45) is 46.8 Å². The molecular formula is C30H44N2O. The molecular weight excluding hydrogens is 404 g/mol. The summed E-state index contributed by atoms with van der Waals surface area (Å²) in [5, 5.41) is 12.9. The maximum atomic E-state index is 9.16. The van der Waals surface area contributed by atoms with Crippen LogP contribution >= 0.6 is 0 Å². The van der Waals surface area contributed by atoms with Gasteiger partial charge in [-0.2, -0.15) is 5.26 Å². The summed E-state index contributed by atoms with van der Waals surface area (Å²) in [6.45, 7) is 9.85. The van der Waals surface area contributed by atoms with Gasteiger partial charge in [-0.25, -0.2) is 0 Å². The summed E-state index contributed by atoms with van der Waals surface area (Å²) in [6, 6.07) is 8.31. The largest absolute Gasteiger partial charge is 0.385 e. The molecule has 0 heterocycles. The lowest BCUT2D eigenvalue weighted by Gasteiger charge is -2.56. The number of nitrogens with zero attached hydrogens (tertiary/aromatic N) is 1. The third-order valence-electron chi connectivity index (χ3n) is 10.7. The average molecular weight is 449 g/mol. The van der Waals surface area contributed by atoms with E-state index in [0.717, 1.165) is 66.7 Å². The Balaban J connectivity index is 1.22. The van der Waals surface area contributed by atoms with Gasteiger partial charge in [-0.3, -0.25) is 0 Å². The quantitative estimate of drug-likeness (QED) is 0.500. The standard InChI is InChI=1S/C30H44N2O/c1-4-33-19-22-5-9-25-23(16-22)7-10-27-26(25)13-14-30(3)24(8-11-28(27)30)18-32-29-12-6-21(17-31)15-20(29)2/h6,12,15,22-28,32H,4-5,7-11,13-14,16,18-19H2,1-3H3/t22-,23+,24+,25-,26?,27+,28?,30+/m0/s1. The van der Waals surface area contributed by atoms with Crippen LogP contribution in [0.2, 0.25) is 0 Å². The van der Waals surface area contributed by atoms with Crippen molar-refractivity contribution in [3.05, 3.63) is 29.3 Å². The molecule has 8 atom stereocenters. The fourth-order valence-electron chi connectivity index (χ4n) is 9.00. The molecule has 2 unspecified atom stereocenters. The smallest absolute Gasteiger partial charge is 0.0991 e. The van der Waals surface area contributed by atoms with Crippen LogP contribution in [0.1, 0.15) is 82.8 Å². The first kappa shape index (κ1) is 23.2. The molecule has 0 amide bonds. The predicted molar refractivity (Wildman–Crippen MR) is 135 cm³/mol. The highest BCUT2D eigenvalue weighted by atomic mass is 16.5. The summed E-state index contributed by atoms with van der Waals surface area (Å²) < 4.78 is 5.79. The van der Waals surface area contributed by atoms with Crippen molar-refractivity contribution in [3.8, 4) is 6.07 Å². The Morgan fingerprint density at radius 1 is 1.06 bits per heavy atom. The average Bonchev–Trinajstić information content (AvgIpc) is 3.17. The summed E-state index contributed by atoms with van der Waals surface area (Å²) in [7, 11) is 0. The lowest BCUT2D eigenvalue weighted by Crippen LogP contribution is -2.49. The van der Waals surface area contributed by atoms with Crippen molar-refractivity contribution >= 4 is 5.69 Å². The van der Waals surface area contributed by atoms with Gasteiger partial charge in [0.25, 0.3) is 0 Å². The summed E-state index contributed by atoms with van der Waals surface area (Å²) in [5.74, 6) is 6.50. The maximum absolute atomic E-state index is 9.16. The highest BCUT2D eigenvalue weighted by Crippen LogP contribution is 2.64. The molecule has 180 valence electrons. The summed E-state index contributed by atoms with van der Waals surface area (Å²) in [4.78, 5) is 0. The Hall–Kier alpha value is -1.53. The highest BCUT2D eigenvalue weighted by Gasteiger charge is 2.56. The molecule has 3 nitrogen and oxygen atoms in total. The molecule has 1 aromatic carbocycles. The maximum Gasteiger partial charge on any atom is 0.0991 e. The van der Waals surface area contributed by atoms with E-state index in [-0.39, 0.29) is 0 Å². The van der Waals surface area contributed by atoms with Crippen LogP contribution in [0.4, 0.5) is 5.69 Å². The minimum atomic E-state index is 0.508. The van der Waals surface area contributed by atoms with Gasteiger partial charge in [0.05, 0.1) is 11.6 Å². The van der Waals surface area contributed by atoms with Crippen LogP contribution in [0.15, 0.2) is 18.2 Å². The number of anilines is 1. The number of ether oxygens (including phenoxy) is 1. The van der Waals surface area contributed by atoms with Gasteiger partial charge in [-0.15, -0.1) is 0 Å². The molecule has 4 saturated carbocycles. The SMILES string of the molecule is CCOC[C@H]1CC[C@@H]2C3CC[C@@]4(C)C(CC[C@@H]4CNc4ccc(C#N)cc4C)[C@@H]3CC[C@@H]2C1. The van der Waals surface area contributed by atoms with Crippen molar-refractivity contribution in [3.63, 3.8) is 0 Å². The van der Waals surface area contributed by atoms with Gasteiger partial charge in [0.2, 0.25) is 0 Å².